The molecule has 0 aliphatic carbocycles. The highest BCUT2D eigenvalue weighted by Gasteiger charge is 2.61. The lowest BCUT2D eigenvalue weighted by Gasteiger charge is -2.04. The van der Waals surface area contributed by atoms with E-state index < -0.39 is 29.9 Å². The van der Waals surface area contributed by atoms with Crippen molar-refractivity contribution in [3.05, 3.63) is 0 Å². The van der Waals surface area contributed by atoms with Gasteiger partial charge in [0.25, 0.3) is 0 Å². The molecule has 1 atom stereocenters. The summed E-state index contributed by atoms with van der Waals surface area (Å²) in [6, 6.07) is 0. The molecule has 1 N–H and O–H groups in total. The number of epoxide rings is 1. The third-order valence-electron chi connectivity index (χ3n) is 1.79. The van der Waals surface area contributed by atoms with Crippen LogP contribution < -0.4 is 0 Å². The Hall–Kier alpha value is -1.59. The molecule has 0 aromatic heterocycles. The lowest BCUT2D eigenvalue weighted by atomic mass is 10.0. The lowest BCUT2D eigenvalue weighted by molar-refractivity contribution is -0.145. The summed E-state index contributed by atoms with van der Waals surface area (Å²) in [5.41, 5.74) is -1.46. The Labute approximate surface area is 79.8 Å². The molecule has 0 radical (unpaired) electrons. The number of rotatable bonds is 5. The first-order valence-electron chi connectivity index (χ1n) is 4.11. The van der Waals surface area contributed by atoms with Gasteiger partial charge in [-0.15, -0.1) is 0 Å². The third kappa shape index (κ3) is 2.21. The quantitative estimate of drug-likeness (QED) is 0.486. The number of carbonyl (C=O) groups is 3. The van der Waals surface area contributed by atoms with E-state index in [9.17, 15) is 14.4 Å². The zero-order chi connectivity index (χ0) is 10.8. The summed E-state index contributed by atoms with van der Waals surface area (Å²) in [5, 5.41) is 8.47. The van der Waals surface area contributed by atoms with E-state index >= 15 is 0 Å². The topological polar surface area (TPSA) is 93.2 Å². The molecule has 0 bridgehead atoms. The number of cyclic esters (lactones) is 1. The van der Waals surface area contributed by atoms with Gasteiger partial charge in [-0.05, 0) is 6.92 Å². The third-order valence-corrected chi connectivity index (χ3v) is 1.79. The fourth-order valence-electron chi connectivity index (χ4n) is 1.12. The van der Waals surface area contributed by atoms with Gasteiger partial charge in [-0.1, -0.05) is 0 Å². The number of ether oxygens (including phenoxy) is 2. The largest absolute Gasteiger partial charge is 0.481 e. The average Bonchev–Trinajstić information content (AvgIpc) is 2.58. The van der Waals surface area contributed by atoms with Crippen LogP contribution in [-0.4, -0.2) is 35.2 Å². The Morgan fingerprint density at radius 1 is 1.50 bits per heavy atom. The van der Waals surface area contributed by atoms with Gasteiger partial charge in [0.05, 0.1) is 19.4 Å². The van der Waals surface area contributed by atoms with Crippen LogP contribution in [0.15, 0.2) is 0 Å². The Kier molecular flexibility index (Phi) is 2.73. The molecule has 1 unspecified atom stereocenters. The SMILES string of the molecule is CCOC(=O)CC1(CC(=O)O)OC1=O. The normalized spacial score (nSPS) is 23.9. The second kappa shape index (κ2) is 3.65. The first-order valence-corrected chi connectivity index (χ1v) is 4.11. The van der Waals surface area contributed by atoms with Crippen molar-refractivity contribution in [1.82, 2.24) is 0 Å². The second-order valence-electron chi connectivity index (χ2n) is 2.94. The second-order valence-corrected chi connectivity index (χ2v) is 2.94. The molecule has 78 valence electrons. The first kappa shape index (κ1) is 10.5. The molecule has 6 nitrogen and oxygen atoms in total. The molecule has 1 rings (SSSR count). The van der Waals surface area contributed by atoms with Crippen molar-refractivity contribution in [3.63, 3.8) is 0 Å². The van der Waals surface area contributed by atoms with Gasteiger partial charge in [0.15, 0.2) is 0 Å². The summed E-state index contributed by atoms with van der Waals surface area (Å²) < 4.78 is 9.10. The number of carbonyl (C=O) groups excluding carboxylic acids is 2. The van der Waals surface area contributed by atoms with Gasteiger partial charge in [-0.25, -0.2) is 4.79 Å². The summed E-state index contributed by atoms with van der Waals surface area (Å²) in [5.74, 6) is -2.47. The monoisotopic (exact) mass is 202 g/mol. The summed E-state index contributed by atoms with van der Waals surface area (Å²) >= 11 is 0. The minimum absolute atomic E-state index is 0.191. The van der Waals surface area contributed by atoms with Crippen molar-refractivity contribution in [3.8, 4) is 0 Å². The van der Waals surface area contributed by atoms with Crippen LogP contribution in [0.25, 0.3) is 0 Å². The highest BCUT2D eigenvalue weighted by Crippen LogP contribution is 2.36. The maximum atomic E-state index is 11.0. The zero-order valence-electron chi connectivity index (χ0n) is 7.61. The molecule has 1 aliphatic heterocycles. The standard InChI is InChI=1S/C8H10O6/c1-2-13-6(11)4-8(3-5(9)10)7(12)14-8/h2-4H2,1H3,(H,9,10). The summed E-state index contributed by atoms with van der Waals surface area (Å²) in [7, 11) is 0. The van der Waals surface area contributed by atoms with E-state index in [1.165, 1.54) is 0 Å². The Balaban J connectivity index is 2.51. The molecular formula is C8H10O6. The summed E-state index contributed by atoms with van der Waals surface area (Å²) in [4.78, 5) is 32.1. The fourth-order valence-corrected chi connectivity index (χ4v) is 1.12. The number of carboxylic acids is 1. The predicted molar refractivity (Wildman–Crippen MR) is 42.3 cm³/mol. The fraction of sp³-hybridized carbons (Fsp3) is 0.625. The van der Waals surface area contributed by atoms with Crippen molar-refractivity contribution in [2.75, 3.05) is 6.61 Å². The van der Waals surface area contributed by atoms with Crippen molar-refractivity contribution < 1.29 is 29.0 Å². The van der Waals surface area contributed by atoms with Crippen LogP contribution in [0.2, 0.25) is 0 Å². The van der Waals surface area contributed by atoms with Gasteiger partial charge in [-0.2, -0.15) is 0 Å². The molecule has 0 aromatic carbocycles. The number of esters is 1. The Morgan fingerprint density at radius 2 is 2.07 bits per heavy atom. The van der Waals surface area contributed by atoms with E-state index in [1.54, 1.807) is 6.92 Å². The van der Waals surface area contributed by atoms with Gasteiger partial charge in [0, 0.05) is 0 Å². The van der Waals surface area contributed by atoms with Crippen LogP contribution >= 0.6 is 0 Å². The lowest BCUT2D eigenvalue weighted by Crippen LogP contribution is -2.23. The molecule has 14 heavy (non-hydrogen) atoms. The van der Waals surface area contributed by atoms with Crippen molar-refractivity contribution in [2.24, 2.45) is 0 Å². The summed E-state index contributed by atoms with van der Waals surface area (Å²) in [6.07, 6.45) is -0.823. The smallest absolute Gasteiger partial charge is 0.353 e. The van der Waals surface area contributed by atoms with Gasteiger partial charge >= 0.3 is 17.9 Å². The molecule has 1 fully saturated rings. The number of carboxylic acid groups (broad SMARTS) is 1. The molecule has 1 saturated heterocycles. The van der Waals surface area contributed by atoms with Crippen LogP contribution in [0.5, 0.6) is 0 Å². The molecule has 6 heteroatoms. The van der Waals surface area contributed by atoms with E-state index in [-0.39, 0.29) is 13.0 Å². The number of aliphatic carboxylic acids is 1. The van der Waals surface area contributed by atoms with Gasteiger partial charge < -0.3 is 14.6 Å². The highest BCUT2D eigenvalue weighted by molar-refractivity contribution is 6.00. The van der Waals surface area contributed by atoms with Gasteiger partial charge in [0.1, 0.15) is 0 Å². The van der Waals surface area contributed by atoms with Crippen LogP contribution in [0.3, 0.4) is 0 Å². The maximum Gasteiger partial charge on any atom is 0.353 e. The molecule has 0 amide bonds. The van der Waals surface area contributed by atoms with E-state index in [4.69, 9.17) is 5.11 Å². The van der Waals surface area contributed by atoms with Crippen LogP contribution in [0, 0.1) is 0 Å². The number of hydrogen-bond acceptors (Lipinski definition) is 5. The first-order chi connectivity index (χ1) is 6.50. The van der Waals surface area contributed by atoms with Gasteiger partial charge in [-0.3, -0.25) is 9.59 Å². The predicted octanol–water partition coefficient (Wildman–Crippen LogP) is -0.290. The van der Waals surface area contributed by atoms with Gasteiger partial charge in [0.2, 0.25) is 5.60 Å². The molecule has 1 aliphatic rings. The maximum absolute atomic E-state index is 11.0. The van der Waals surface area contributed by atoms with E-state index in [0.717, 1.165) is 0 Å². The molecule has 0 aromatic rings. The molecule has 0 spiro atoms. The summed E-state index contributed by atoms with van der Waals surface area (Å²) in [6.45, 7) is 1.81. The molecule has 0 saturated carbocycles. The zero-order valence-corrected chi connectivity index (χ0v) is 7.61. The molecular weight excluding hydrogens is 192 g/mol. The highest BCUT2D eigenvalue weighted by atomic mass is 16.7. The Morgan fingerprint density at radius 3 is 2.43 bits per heavy atom. The van der Waals surface area contributed by atoms with Crippen molar-refractivity contribution in [1.29, 1.82) is 0 Å². The molecule has 1 heterocycles. The Bertz CT molecular complexity index is 284. The van der Waals surface area contributed by atoms with E-state index in [0.29, 0.717) is 0 Å². The number of hydrogen-bond donors (Lipinski definition) is 1. The van der Waals surface area contributed by atoms with Crippen LogP contribution in [0.4, 0.5) is 0 Å². The van der Waals surface area contributed by atoms with Crippen molar-refractivity contribution in [2.45, 2.75) is 25.4 Å². The van der Waals surface area contributed by atoms with Crippen LogP contribution in [0.1, 0.15) is 19.8 Å². The van der Waals surface area contributed by atoms with Crippen LogP contribution in [-0.2, 0) is 23.9 Å². The van der Waals surface area contributed by atoms with Crippen molar-refractivity contribution >= 4 is 17.9 Å². The minimum atomic E-state index is -1.46. The average molecular weight is 202 g/mol. The van der Waals surface area contributed by atoms with E-state index in [1.807, 2.05) is 0 Å². The van der Waals surface area contributed by atoms with E-state index in [2.05, 4.69) is 9.47 Å². The minimum Gasteiger partial charge on any atom is -0.481 e.